The van der Waals surface area contributed by atoms with Crippen molar-refractivity contribution >= 4 is 5.97 Å². The molecule has 0 saturated heterocycles. The molecule has 0 fully saturated rings. The highest BCUT2D eigenvalue weighted by atomic mass is 16.5. The van der Waals surface area contributed by atoms with E-state index in [4.69, 9.17) is 4.74 Å². The molecule has 0 spiro atoms. The molecule has 0 N–H and O–H groups in total. The maximum atomic E-state index is 11.7. The van der Waals surface area contributed by atoms with Gasteiger partial charge in [0, 0.05) is 6.42 Å². The molecule has 0 saturated carbocycles. The van der Waals surface area contributed by atoms with Gasteiger partial charge in [-0.05, 0) is 30.6 Å². The van der Waals surface area contributed by atoms with Crippen molar-refractivity contribution < 1.29 is 9.53 Å². The van der Waals surface area contributed by atoms with Crippen LogP contribution >= 0.6 is 0 Å². The van der Waals surface area contributed by atoms with Gasteiger partial charge in [0.2, 0.25) is 0 Å². The summed E-state index contributed by atoms with van der Waals surface area (Å²) in [6.45, 7) is 12.1. The first-order valence-corrected chi connectivity index (χ1v) is 12.5. The van der Waals surface area contributed by atoms with E-state index in [1.807, 2.05) is 0 Å². The van der Waals surface area contributed by atoms with Gasteiger partial charge in [0.1, 0.15) is 0 Å². The van der Waals surface area contributed by atoms with Gasteiger partial charge < -0.3 is 4.74 Å². The molecular weight excluding hydrogens is 344 g/mol. The van der Waals surface area contributed by atoms with Gasteiger partial charge in [-0.25, -0.2) is 0 Å². The second-order valence-electron chi connectivity index (χ2n) is 10.4. The van der Waals surface area contributed by atoms with Crippen molar-refractivity contribution in [2.75, 3.05) is 6.61 Å². The molecule has 0 bridgehead atoms. The van der Waals surface area contributed by atoms with Crippen molar-refractivity contribution in [3.05, 3.63) is 0 Å². The van der Waals surface area contributed by atoms with E-state index in [1.54, 1.807) is 0 Å². The lowest BCUT2D eigenvalue weighted by Gasteiger charge is -2.17. The Labute approximate surface area is 177 Å². The largest absolute Gasteiger partial charge is 0.466 e. The van der Waals surface area contributed by atoms with Gasteiger partial charge >= 0.3 is 5.97 Å². The Morgan fingerprint density at radius 1 is 0.679 bits per heavy atom. The summed E-state index contributed by atoms with van der Waals surface area (Å²) < 4.78 is 5.36. The third-order valence-corrected chi connectivity index (χ3v) is 5.50. The summed E-state index contributed by atoms with van der Waals surface area (Å²) in [4.78, 5) is 11.7. The van der Waals surface area contributed by atoms with Crippen LogP contribution in [0.3, 0.4) is 0 Å². The van der Waals surface area contributed by atoms with E-state index in [2.05, 4.69) is 34.6 Å². The molecule has 0 aliphatic heterocycles. The molecule has 0 aliphatic rings. The van der Waals surface area contributed by atoms with Crippen molar-refractivity contribution in [2.45, 2.75) is 144 Å². The van der Waals surface area contributed by atoms with Crippen LogP contribution in [0.5, 0.6) is 0 Å². The van der Waals surface area contributed by atoms with E-state index in [9.17, 15) is 4.79 Å². The van der Waals surface area contributed by atoms with Crippen LogP contribution in [-0.2, 0) is 9.53 Å². The lowest BCUT2D eigenvalue weighted by Crippen LogP contribution is -2.06. The highest BCUT2D eigenvalue weighted by Gasteiger charge is 2.08. The minimum Gasteiger partial charge on any atom is -0.466 e. The molecule has 2 nitrogen and oxygen atoms in total. The highest BCUT2D eigenvalue weighted by Crippen LogP contribution is 2.22. The average molecular weight is 397 g/mol. The van der Waals surface area contributed by atoms with Crippen LogP contribution in [0.1, 0.15) is 144 Å². The molecule has 0 unspecified atom stereocenters. The molecule has 0 heterocycles. The maximum Gasteiger partial charge on any atom is 0.305 e. The minimum atomic E-state index is 0.0103. The van der Waals surface area contributed by atoms with Crippen molar-refractivity contribution in [3.8, 4) is 0 Å². The zero-order chi connectivity index (χ0) is 21.1. The normalized spacial score (nSPS) is 11.9. The molecule has 0 rings (SSSR count). The molecule has 0 atom stereocenters. The van der Waals surface area contributed by atoms with E-state index in [0.29, 0.717) is 18.4 Å². The van der Waals surface area contributed by atoms with E-state index in [0.717, 1.165) is 18.8 Å². The fourth-order valence-corrected chi connectivity index (χ4v) is 3.61. The number of carbonyl (C=O) groups excluding carboxylic acids is 1. The van der Waals surface area contributed by atoms with E-state index >= 15 is 0 Å². The second-order valence-corrected chi connectivity index (χ2v) is 10.4. The van der Waals surface area contributed by atoms with E-state index in [-0.39, 0.29) is 5.97 Å². The van der Waals surface area contributed by atoms with Crippen molar-refractivity contribution in [1.29, 1.82) is 0 Å². The predicted octanol–water partition coefficient (Wildman–Crippen LogP) is 8.86. The number of hydrogen-bond acceptors (Lipinski definition) is 2. The number of ether oxygens (including phenoxy) is 1. The number of unbranched alkanes of at least 4 members (excludes halogenated alkanes) is 12. The zero-order valence-electron chi connectivity index (χ0n) is 20.1. The van der Waals surface area contributed by atoms with Gasteiger partial charge in [0.15, 0.2) is 0 Å². The summed E-state index contributed by atoms with van der Waals surface area (Å²) in [7, 11) is 0. The van der Waals surface area contributed by atoms with Crippen molar-refractivity contribution in [1.82, 2.24) is 0 Å². The van der Waals surface area contributed by atoms with Crippen LogP contribution in [0, 0.1) is 11.3 Å². The van der Waals surface area contributed by atoms with E-state index in [1.165, 1.54) is 89.9 Å². The van der Waals surface area contributed by atoms with Gasteiger partial charge in [-0.15, -0.1) is 0 Å². The van der Waals surface area contributed by atoms with Gasteiger partial charge in [-0.2, -0.15) is 0 Å². The smallest absolute Gasteiger partial charge is 0.305 e. The van der Waals surface area contributed by atoms with Crippen LogP contribution in [0.4, 0.5) is 0 Å². The fourth-order valence-electron chi connectivity index (χ4n) is 3.61. The first-order valence-electron chi connectivity index (χ1n) is 12.5. The first kappa shape index (κ1) is 27.5. The summed E-state index contributed by atoms with van der Waals surface area (Å²) in [6.07, 6.45) is 21.2. The van der Waals surface area contributed by atoms with E-state index < -0.39 is 0 Å². The number of esters is 1. The summed E-state index contributed by atoms with van der Waals surface area (Å²) >= 11 is 0. The maximum absolute atomic E-state index is 11.7. The van der Waals surface area contributed by atoms with Gasteiger partial charge in [0.05, 0.1) is 6.61 Å². The van der Waals surface area contributed by atoms with Crippen molar-refractivity contribution in [3.63, 3.8) is 0 Å². The second kappa shape index (κ2) is 18.5. The van der Waals surface area contributed by atoms with Gasteiger partial charge in [-0.3, -0.25) is 4.79 Å². The Kier molecular flexibility index (Phi) is 18.1. The Morgan fingerprint density at radius 2 is 1.14 bits per heavy atom. The third kappa shape index (κ3) is 23.5. The van der Waals surface area contributed by atoms with Crippen LogP contribution < -0.4 is 0 Å². The number of carbonyl (C=O) groups is 1. The molecule has 168 valence electrons. The molecule has 28 heavy (non-hydrogen) atoms. The Bertz CT molecular complexity index is 341. The molecule has 0 aromatic rings. The topological polar surface area (TPSA) is 26.3 Å². The monoisotopic (exact) mass is 396 g/mol. The molecule has 0 amide bonds. The zero-order valence-corrected chi connectivity index (χ0v) is 20.1. The Balaban J connectivity index is 3.21. The van der Waals surface area contributed by atoms with Crippen LogP contribution in [0.25, 0.3) is 0 Å². The molecule has 0 aromatic heterocycles. The average Bonchev–Trinajstić information content (AvgIpc) is 2.60. The quantitative estimate of drug-likeness (QED) is 0.161. The van der Waals surface area contributed by atoms with Crippen LogP contribution in [0.2, 0.25) is 0 Å². The molecular formula is C26H52O2. The Hall–Kier alpha value is -0.530. The van der Waals surface area contributed by atoms with Crippen molar-refractivity contribution in [2.24, 2.45) is 11.3 Å². The summed E-state index contributed by atoms with van der Waals surface area (Å²) in [5.74, 6) is 0.872. The third-order valence-electron chi connectivity index (χ3n) is 5.50. The van der Waals surface area contributed by atoms with Gasteiger partial charge in [0.25, 0.3) is 0 Å². The highest BCUT2D eigenvalue weighted by molar-refractivity contribution is 5.69. The number of hydrogen-bond donors (Lipinski definition) is 0. The fraction of sp³-hybridized carbons (Fsp3) is 0.962. The van der Waals surface area contributed by atoms with Crippen LogP contribution in [-0.4, -0.2) is 12.6 Å². The lowest BCUT2D eigenvalue weighted by atomic mass is 9.89. The molecule has 2 heteroatoms. The Morgan fingerprint density at radius 3 is 1.68 bits per heavy atom. The molecule has 0 aliphatic carbocycles. The SMILES string of the molecule is CC(C)CCCCCCCCCCCCC(=O)OCCCCCCC(C)(C)C. The minimum absolute atomic E-state index is 0.0103. The van der Waals surface area contributed by atoms with Crippen LogP contribution in [0.15, 0.2) is 0 Å². The summed E-state index contributed by atoms with van der Waals surface area (Å²) in [5.41, 5.74) is 0.444. The standard InChI is InChI=1S/C26H52O2/c1-24(2)20-16-12-10-8-6-7-9-11-13-17-21-25(27)28-23-19-15-14-18-22-26(3,4)5/h24H,6-23H2,1-5H3. The summed E-state index contributed by atoms with van der Waals surface area (Å²) in [5, 5.41) is 0. The lowest BCUT2D eigenvalue weighted by molar-refractivity contribution is -0.143. The van der Waals surface area contributed by atoms with Gasteiger partial charge in [-0.1, -0.05) is 118 Å². The number of rotatable bonds is 19. The summed E-state index contributed by atoms with van der Waals surface area (Å²) in [6, 6.07) is 0. The molecule has 0 aromatic carbocycles. The molecule has 0 radical (unpaired) electrons. The first-order chi connectivity index (χ1) is 13.3. The predicted molar refractivity (Wildman–Crippen MR) is 124 cm³/mol.